The standard InChI is InChI=1S/C21H29NO/c1-4-23-15-6-8-16-14(12-15)5-7-18-17(16)9-10-21(3)19(18)11-13(2)20(21)22/h5,12,16-19,22H,2,4,6-11H2,1,3H3/t16?,17?,18-,19?,21+/m1/s1. The molecule has 0 aromatic rings. The van der Waals surface area contributed by atoms with Crippen LogP contribution < -0.4 is 0 Å². The topological polar surface area (TPSA) is 33.1 Å². The molecule has 0 bridgehead atoms. The van der Waals surface area contributed by atoms with E-state index in [0.717, 1.165) is 48.5 Å². The Morgan fingerprint density at radius 2 is 2.17 bits per heavy atom. The van der Waals surface area contributed by atoms with E-state index in [0.29, 0.717) is 5.92 Å². The molecule has 0 heterocycles. The molecule has 0 saturated heterocycles. The van der Waals surface area contributed by atoms with Crippen molar-refractivity contribution in [3.05, 3.63) is 35.6 Å². The van der Waals surface area contributed by atoms with Crippen LogP contribution in [0, 0.1) is 34.5 Å². The summed E-state index contributed by atoms with van der Waals surface area (Å²) in [5, 5.41) is 8.50. The first kappa shape index (κ1) is 15.2. The fourth-order valence-corrected chi connectivity index (χ4v) is 6.01. The van der Waals surface area contributed by atoms with Gasteiger partial charge >= 0.3 is 0 Å². The van der Waals surface area contributed by atoms with E-state index in [9.17, 15) is 0 Å². The zero-order valence-corrected chi connectivity index (χ0v) is 14.5. The Bertz CT molecular complexity index is 613. The fraction of sp³-hybridized carbons (Fsp3) is 0.667. The van der Waals surface area contributed by atoms with Crippen molar-refractivity contribution in [2.75, 3.05) is 6.61 Å². The zero-order valence-electron chi connectivity index (χ0n) is 14.5. The van der Waals surface area contributed by atoms with Gasteiger partial charge in [0.1, 0.15) is 0 Å². The van der Waals surface area contributed by atoms with Crippen LogP contribution in [0.4, 0.5) is 0 Å². The second-order valence-corrected chi connectivity index (χ2v) is 8.20. The summed E-state index contributed by atoms with van der Waals surface area (Å²) < 4.78 is 5.76. The molecule has 23 heavy (non-hydrogen) atoms. The Balaban J connectivity index is 1.63. The van der Waals surface area contributed by atoms with Gasteiger partial charge in [-0.3, -0.25) is 0 Å². The van der Waals surface area contributed by atoms with Gasteiger partial charge in [0.2, 0.25) is 0 Å². The molecule has 2 heteroatoms. The molecule has 4 rings (SSSR count). The minimum atomic E-state index is 0.102. The SMILES string of the molecule is C=C1CC2[C@@H]3CC=C4C=C(OCC)CCC4C3CC[C@]2(C)C1=N. The molecule has 5 atom stereocenters. The van der Waals surface area contributed by atoms with Gasteiger partial charge in [0.25, 0.3) is 0 Å². The summed E-state index contributed by atoms with van der Waals surface area (Å²) in [6.07, 6.45) is 11.9. The maximum atomic E-state index is 8.50. The number of rotatable bonds is 2. The van der Waals surface area contributed by atoms with E-state index in [-0.39, 0.29) is 5.41 Å². The second kappa shape index (κ2) is 5.36. The number of ether oxygens (including phenoxy) is 1. The van der Waals surface area contributed by atoms with Gasteiger partial charge in [-0.15, -0.1) is 0 Å². The van der Waals surface area contributed by atoms with Crippen LogP contribution in [0.15, 0.2) is 35.6 Å². The molecule has 0 aromatic heterocycles. The smallest absolute Gasteiger partial charge is 0.0962 e. The highest BCUT2D eigenvalue weighted by Gasteiger charge is 2.55. The van der Waals surface area contributed by atoms with E-state index >= 15 is 0 Å². The van der Waals surface area contributed by atoms with Gasteiger partial charge in [0, 0.05) is 17.5 Å². The predicted molar refractivity (Wildman–Crippen MR) is 94.4 cm³/mol. The van der Waals surface area contributed by atoms with Gasteiger partial charge in [0.05, 0.1) is 12.4 Å². The molecule has 0 radical (unpaired) electrons. The molecule has 2 saturated carbocycles. The average molecular weight is 311 g/mol. The third kappa shape index (κ3) is 2.17. The average Bonchev–Trinajstić information content (AvgIpc) is 2.78. The summed E-state index contributed by atoms with van der Waals surface area (Å²) in [6.45, 7) is 9.37. The van der Waals surface area contributed by atoms with E-state index in [1.165, 1.54) is 37.0 Å². The Labute approximate surface area is 140 Å². The molecule has 2 nitrogen and oxygen atoms in total. The molecule has 1 N–H and O–H groups in total. The lowest BCUT2D eigenvalue weighted by molar-refractivity contribution is 0.0394. The maximum absolute atomic E-state index is 8.50. The van der Waals surface area contributed by atoms with Gasteiger partial charge in [-0.2, -0.15) is 0 Å². The summed E-state index contributed by atoms with van der Waals surface area (Å²) in [7, 11) is 0. The number of hydrogen-bond acceptors (Lipinski definition) is 2. The highest BCUT2D eigenvalue weighted by atomic mass is 16.5. The van der Waals surface area contributed by atoms with Crippen LogP contribution in [0.3, 0.4) is 0 Å². The van der Waals surface area contributed by atoms with Crippen LogP contribution in [-0.4, -0.2) is 12.3 Å². The first-order valence-corrected chi connectivity index (χ1v) is 9.35. The van der Waals surface area contributed by atoms with E-state index in [4.69, 9.17) is 10.1 Å². The van der Waals surface area contributed by atoms with E-state index in [1.807, 2.05) is 0 Å². The van der Waals surface area contributed by atoms with Gasteiger partial charge in [-0.1, -0.05) is 19.6 Å². The zero-order chi connectivity index (χ0) is 16.2. The Morgan fingerprint density at radius 1 is 1.35 bits per heavy atom. The second-order valence-electron chi connectivity index (χ2n) is 8.20. The molecule has 0 aromatic carbocycles. The Hall–Kier alpha value is -1.31. The molecule has 0 spiro atoms. The van der Waals surface area contributed by atoms with Crippen molar-refractivity contribution in [2.45, 2.75) is 52.4 Å². The van der Waals surface area contributed by atoms with E-state index in [1.54, 1.807) is 0 Å². The Kier molecular flexibility index (Phi) is 3.55. The summed E-state index contributed by atoms with van der Waals surface area (Å²) in [6, 6.07) is 0. The first-order valence-electron chi connectivity index (χ1n) is 9.35. The van der Waals surface area contributed by atoms with Crippen LogP contribution in [0.25, 0.3) is 0 Å². The van der Waals surface area contributed by atoms with Crippen molar-refractivity contribution in [3.8, 4) is 0 Å². The minimum Gasteiger partial charge on any atom is -0.498 e. The molecule has 124 valence electrons. The summed E-state index contributed by atoms with van der Waals surface area (Å²) >= 11 is 0. The molecule has 0 amide bonds. The van der Waals surface area contributed by atoms with Crippen molar-refractivity contribution >= 4 is 5.71 Å². The molecule has 2 fully saturated rings. The molecule has 4 aliphatic carbocycles. The summed E-state index contributed by atoms with van der Waals surface area (Å²) in [5.74, 6) is 4.13. The number of hydrogen-bond donors (Lipinski definition) is 1. The highest BCUT2D eigenvalue weighted by Crippen LogP contribution is 2.60. The third-order valence-corrected chi connectivity index (χ3v) is 7.20. The minimum absolute atomic E-state index is 0.102. The molecule has 3 unspecified atom stereocenters. The lowest BCUT2D eigenvalue weighted by atomic mass is 9.53. The van der Waals surface area contributed by atoms with Crippen LogP contribution in [-0.2, 0) is 4.74 Å². The highest BCUT2D eigenvalue weighted by molar-refractivity contribution is 6.04. The summed E-state index contributed by atoms with van der Waals surface area (Å²) in [5.41, 5.74) is 3.61. The van der Waals surface area contributed by atoms with Gasteiger partial charge in [0.15, 0.2) is 0 Å². The number of fused-ring (bicyclic) bond motifs is 5. The number of nitrogens with one attached hydrogen (secondary N) is 1. The lowest BCUT2D eigenvalue weighted by Gasteiger charge is -2.51. The maximum Gasteiger partial charge on any atom is 0.0962 e. The van der Waals surface area contributed by atoms with Crippen molar-refractivity contribution in [2.24, 2.45) is 29.1 Å². The van der Waals surface area contributed by atoms with Gasteiger partial charge in [-0.25, -0.2) is 0 Å². The predicted octanol–water partition coefficient (Wildman–Crippen LogP) is 5.28. The van der Waals surface area contributed by atoms with Gasteiger partial charge in [-0.05, 0) is 79.9 Å². The normalized spacial score (nSPS) is 42.3. The van der Waals surface area contributed by atoms with Gasteiger partial charge < -0.3 is 10.1 Å². The first-order chi connectivity index (χ1) is 11.0. The largest absolute Gasteiger partial charge is 0.498 e. The van der Waals surface area contributed by atoms with Crippen LogP contribution in [0.5, 0.6) is 0 Å². The molecular weight excluding hydrogens is 282 g/mol. The fourth-order valence-electron chi connectivity index (χ4n) is 6.01. The quantitative estimate of drug-likeness (QED) is 0.740. The molecular formula is C21H29NO. The van der Waals surface area contributed by atoms with Crippen molar-refractivity contribution in [1.82, 2.24) is 0 Å². The Morgan fingerprint density at radius 3 is 2.96 bits per heavy atom. The molecule has 0 aliphatic heterocycles. The van der Waals surface area contributed by atoms with E-state index in [2.05, 4.69) is 32.6 Å². The molecule has 4 aliphatic rings. The van der Waals surface area contributed by atoms with Crippen LogP contribution in [0.2, 0.25) is 0 Å². The lowest BCUT2D eigenvalue weighted by Crippen LogP contribution is -2.45. The monoisotopic (exact) mass is 311 g/mol. The van der Waals surface area contributed by atoms with Crippen molar-refractivity contribution in [3.63, 3.8) is 0 Å². The van der Waals surface area contributed by atoms with Crippen LogP contribution >= 0.6 is 0 Å². The third-order valence-electron chi connectivity index (χ3n) is 7.20. The van der Waals surface area contributed by atoms with Crippen LogP contribution in [0.1, 0.15) is 52.4 Å². The summed E-state index contributed by atoms with van der Waals surface area (Å²) in [4.78, 5) is 0. The van der Waals surface area contributed by atoms with Crippen molar-refractivity contribution < 1.29 is 4.74 Å². The number of allylic oxidation sites excluding steroid dienone is 5. The van der Waals surface area contributed by atoms with E-state index < -0.39 is 0 Å². The van der Waals surface area contributed by atoms with Crippen molar-refractivity contribution in [1.29, 1.82) is 5.41 Å².